The minimum absolute atomic E-state index is 0.106. The number of halogens is 3. The van der Waals surface area contributed by atoms with Gasteiger partial charge in [0.25, 0.3) is 0 Å². The van der Waals surface area contributed by atoms with Crippen molar-refractivity contribution in [3.63, 3.8) is 0 Å². The van der Waals surface area contributed by atoms with Crippen molar-refractivity contribution in [3.8, 4) is 6.01 Å². The number of ether oxygens (including phenoxy) is 2. The van der Waals surface area contributed by atoms with Gasteiger partial charge in [-0.15, -0.1) is 0 Å². The molecule has 0 amide bonds. The second kappa shape index (κ2) is 8.43. The summed E-state index contributed by atoms with van der Waals surface area (Å²) in [4.78, 5) is 17.9. The molecule has 2 aromatic heterocycles. The molecule has 178 valence electrons. The molecule has 0 radical (unpaired) electrons. The number of alkyl halides is 1. The largest absolute Gasteiger partial charge is 0.461 e. The fraction of sp³-hybridized carbons (Fsp3) is 0.696. The Bertz CT molecular complexity index is 1060. The lowest BCUT2D eigenvalue weighted by atomic mass is 9.95. The molecule has 0 unspecified atom stereocenters. The highest BCUT2D eigenvalue weighted by Gasteiger charge is 2.49. The van der Waals surface area contributed by atoms with Gasteiger partial charge in [0.15, 0.2) is 11.0 Å². The van der Waals surface area contributed by atoms with E-state index in [0.29, 0.717) is 43.9 Å². The highest BCUT2D eigenvalue weighted by atomic mass is 35.5. The number of hydrogen-bond donors (Lipinski definition) is 0. The van der Waals surface area contributed by atoms with Crippen LogP contribution in [-0.4, -0.2) is 77.6 Å². The van der Waals surface area contributed by atoms with Gasteiger partial charge in [0.05, 0.1) is 23.2 Å². The van der Waals surface area contributed by atoms with Crippen molar-refractivity contribution in [3.05, 3.63) is 16.7 Å². The summed E-state index contributed by atoms with van der Waals surface area (Å²) in [6, 6.07) is 0.106. The molecular formula is C23H28ClF2N5O2. The average molecular weight is 480 g/mol. The van der Waals surface area contributed by atoms with Gasteiger partial charge in [-0.1, -0.05) is 11.6 Å². The molecule has 7 nitrogen and oxygen atoms in total. The van der Waals surface area contributed by atoms with Crippen LogP contribution in [0.3, 0.4) is 0 Å². The van der Waals surface area contributed by atoms with E-state index in [2.05, 4.69) is 19.8 Å². The monoisotopic (exact) mass is 479 g/mol. The molecule has 0 N–H and O–H groups in total. The number of fused-ring (bicyclic) bond motifs is 2. The van der Waals surface area contributed by atoms with Crippen LogP contribution < -0.4 is 9.64 Å². The van der Waals surface area contributed by atoms with Gasteiger partial charge in [0, 0.05) is 38.6 Å². The van der Waals surface area contributed by atoms with E-state index in [1.54, 1.807) is 0 Å². The number of rotatable bonds is 5. The molecule has 0 bridgehead atoms. The van der Waals surface area contributed by atoms with Gasteiger partial charge in [0.1, 0.15) is 24.1 Å². The van der Waals surface area contributed by atoms with Crippen LogP contribution in [0.5, 0.6) is 6.01 Å². The van der Waals surface area contributed by atoms with Crippen LogP contribution in [0.1, 0.15) is 50.1 Å². The van der Waals surface area contributed by atoms with Crippen LogP contribution in [0.4, 0.5) is 14.6 Å². The summed E-state index contributed by atoms with van der Waals surface area (Å²) in [6.07, 6.45) is 4.35. The zero-order valence-corrected chi connectivity index (χ0v) is 19.3. The lowest BCUT2D eigenvalue weighted by Crippen LogP contribution is -2.43. The Labute approximate surface area is 196 Å². The second-order valence-corrected chi connectivity index (χ2v) is 10.1. The first kappa shape index (κ1) is 21.7. The summed E-state index contributed by atoms with van der Waals surface area (Å²) in [7, 11) is 0. The molecule has 4 fully saturated rings. The Kier molecular flexibility index (Phi) is 5.54. The standard InChI is InChI=1S/C23H28ClF2N5O2/c24-20-17(26)19-16(18(27-20)14-3-4-14)21(30-6-2-9-32-10-8-30)29-22(28-19)33-13-23-5-1-7-31(23)12-15(25)11-23/h14-15H,1-13H2/t15-,23+/m1/s1. The first-order valence-electron chi connectivity index (χ1n) is 12.0. The van der Waals surface area contributed by atoms with E-state index < -0.39 is 12.0 Å². The van der Waals surface area contributed by atoms with E-state index in [9.17, 15) is 4.39 Å². The van der Waals surface area contributed by atoms with Crippen molar-refractivity contribution in [1.29, 1.82) is 0 Å². The molecule has 1 aliphatic carbocycles. The number of hydrogen-bond acceptors (Lipinski definition) is 7. The Hall–Kier alpha value is -1.84. The topological polar surface area (TPSA) is 63.6 Å². The van der Waals surface area contributed by atoms with Gasteiger partial charge in [-0.3, -0.25) is 4.90 Å². The lowest BCUT2D eigenvalue weighted by Gasteiger charge is -2.31. The predicted octanol–water partition coefficient (Wildman–Crippen LogP) is 3.88. The molecule has 0 spiro atoms. The summed E-state index contributed by atoms with van der Waals surface area (Å²) < 4.78 is 41.1. The Morgan fingerprint density at radius 2 is 2.00 bits per heavy atom. The summed E-state index contributed by atoms with van der Waals surface area (Å²) >= 11 is 6.18. The van der Waals surface area contributed by atoms with E-state index in [1.807, 2.05) is 0 Å². The predicted molar refractivity (Wildman–Crippen MR) is 120 cm³/mol. The number of nitrogens with zero attached hydrogens (tertiary/aromatic N) is 5. The van der Waals surface area contributed by atoms with Gasteiger partial charge in [-0.2, -0.15) is 9.97 Å². The Morgan fingerprint density at radius 3 is 2.85 bits per heavy atom. The summed E-state index contributed by atoms with van der Waals surface area (Å²) in [6.45, 7) is 4.24. The summed E-state index contributed by atoms with van der Waals surface area (Å²) in [5.74, 6) is 0.218. The zero-order chi connectivity index (χ0) is 22.6. The molecule has 0 aromatic carbocycles. The van der Waals surface area contributed by atoms with E-state index in [-0.39, 0.29) is 34.7 Å². The third-order valence-corrected chi connectivity index (χ3v) is 7.70. The first-order valence-corrected chi connectivity index (χ1v) is 12.3. The van der Waals surface area contributed by atoms with Crippen molar-refractivity contribution in [1.82, 2.24) is 19.9 Å². The summed E-state index contributed by atoms with van der Waals surface area (Å²) in [5, 5.41) is 0.454. The van der Waals surface area contributed by atoms with Crippen LogP contribution in [0.15, 0.2) is 0 Å². The van der Waals surface area contributed by atoms with Gasteiger partial charge in [-0.05, 0) is 38.6 Å². The second-order valence-electron chi connectivity index (χ2n) is 9.75. The summed E-state index contributed by atoms with van der Waals surface area (Å²) in [5.41, 5.74) is 0.583. The molecule has 3 saturated heterocycles. The van der Waals surface area contributed by atoms with Crippen LogP contribution in [0.2, 0.25) is 5.15 Å². The Morgan fingerprint density at radius 1 is 1.12 bits per heavy atom. The van der Waals surface area contributed by atoms with Crippen LogP contribution in [0, 0.1) is 5.82 Å². The first-order chi connectivity index (χ1) is 16.0. The van der Waals surface area contributed by atoms with Gasteiger partial charge in [-0.25, -0.2) is 13.8 Å². The maximum atomic E-state index is 15.2. The van der Waals surface area contributed by atoms with E-state index >= 15 is 4.39 Å². The van der Waals surface area contributed by atoms with E-state index in [4.69, 9.17) is 26.1 Å². The minimum atomic E-state index is -0.845. The lowest BCUT2D eigenvalue weighted by molar-refractivity contribution is 0.107. The highest BCUT2D eigenvalue weighted by molar-refractivity contribution is 6.30. The van der Waals surface area contributed by atoms with Crippen molar-refractivity contribution in [2.75, 3.05) is 50.9 Å². The third-order valence-electron chi connectivity index (χ3n) is 7.45. The molecule has 2 atom stereocenters. The number of anilines is 1. The molecule has 5 heterocycles. The number of pyridine rings is 1. The van der Waals surface area contributed by atoms with Crippen LogP contribution in [-0.2, 0) is 4.74 Å². The van der Waals surface area contributed by atoms with Crippen LogP contribution in [0.25, 0.3) is 10.9 Å². The van der Waals surface area contributed by atoms with Gasteiger partial charge < -0.3 is 14.4 Å². The molecular weight excluding hydrogens is 452 g/mol. The van der Waals surface area contributed by atoms with Crippen molar-refractivity contribution in [2.24, 2.45) is 0 Å². The molecule has 2 aromatic rings. The normalized spacial score (nSPS) is 28.3. The third kappa shape index (κ3) is 3.91. The molecule has 1 saturated carbocycles. The quantitative estimate of drug-likeness (QED) is 0.603. The minimum Gasteiger partial charge on any atom is -0.461 e. The van der Waals surface area contributed by atoms with E-state index in [1.165, 1.54) is 0 Å². The fourth-order valence-electron chi connectivity index (χ4n) is 5.68. The smallest absolute Gasteiger partial charge is 0.319 e. The van der Waals surface area contributed by atoms with Crippen molar-refractivity contribution in [2.45, 2.75) is 56.2 Å². The fourth-order valence-corrected chi connectivity index (χ4v) is 5.86. The molecule has 6 rings (SSSR count). The maximum Gasteiger partial charge on any atom is 0.319 e. The van der Waals surface area contributed by atoms with Crippen molar-refractivity contribution >= 4 is 28.3 Å². The van der Waals surface area contributed by atoms with Gasteiger partial charge in [0.2, 0.25) is 0 Å². The molecule has 3 aliphatic heterocycles. The van der Waals surface area contributed by atoms with Gasteiger partial charge >= 0.3 is 6.01 Å². The van der Waals surface area contributed by atoms with Crippen molar-refractivity contribution < 1.29 is 18.3 Å². The maximum absolute atomic E-state index is 15.2. The highest BCUT2D eigenvalue weighted by Crippen LogP contribution is 2.46. The zero-order valence-electron chi connectivity index (χ0n) is 18.5. The molecule has 10 heteroatoms. The van der Waals surface area contributed by atoms with Crippen LogP contribution >= 0.6 is 11.6 Å². The number of aromatic nitrogens is 3. The average Bonchev–Trinajstić information content (AvgIpc) is 3.56. The van der Waals surface area contributed by atoms with E-state index in [0.717, 1.165) is 50.9 Å². The molecule has 33 heavy (non-hydrogen) atoms. The molecule has 4 aliphatic rings. The Balaban J connectivity index is 1.41. The SMILES string of the molecule is Fc1c(Cl)nc(C2CC2)c2c(N3CCCOCC3)nc(OC[C@@]34CCCN3C[C@H](F)C4)nc12.